The zero-order valence-corrected chi connectivity index (χ0v) is 55.7. The van der Waals surface area contributed by atoms with Crippen molar-refractivity contribution in [2.75, 3.05) is 39.6 Å². The van der Waals surface area contributed by atoms with E-state index in [2.05, 4.69) is 10.6 Å². The van der Waals surface area contributed by atoms with E-state index in [0.717, 1.165) is 13.8 Å². The van der Waals surface area contributed by atoms with E-state index in [1.165, 1.54) is 20.8 Å². The van der Waals surface area contributed by atoms with Crippen LogP contribution in [-0.4, -0.2) is 450 Å². The van der Waals surface area contributed by atoms with Crippen molar-refractivity contribution in [2.24, 2.45) is 0 Å². The molecule has 26 N–H and O–H groups in total. The molecule has 9 aliphatic heterocycles. The Morgan fingerprint density at radius 1 is 0.252 bits per heavy atom. The number of aliphatic hydroxyl groups excluding tert-OH is 24. The Morgan fingerprint density at radius 3 is 0.942 bits per heavy atom. The topological polar surface area (TPSA) is 701 Å². The van der Waals surface area contributed by atoms with E-state index in [0.29, 0.717) is 0 Å². The third kappa shape index (κ3) is 17.9. The molecule has 0 aliphatic carbocycles. The molecule has 9 fully saturated rings. The second-order valence-corrected chi connectivity index (χ2v) is 26.6. The summed E-state index contributed by atoms with van der Waals surface area (Å²) >= 11 is 0. The minimum atomic E-state index is -2.49. The SMILES string of the molecule is CC(=O)N[C@H]1[C@H](O[C@H]2[C@@H](O)[C@@H](CO)O[C@@H](O[C@H]3[C@H](O[C@@H]4O[C@@H](C)[C@@H](O)[C@@H](O)[C@@H]4O)[C@@H](NC(C)=O)[C@H](O[C@@H]4[C@H](O)[C@@H](O)[C@H](O[C@H]5[C@H](O)[C@@H](O)C(O)O[C@@H]5CO)O[C@@H]4CO)O[C@@H]3CO)[C@@H]2O)O[C@H](CO)[C@@H](O[C@@H]2O[C@@H](C)[C@@H](O)[C@@H](O)[C@@H]2O)[C@@H]1O[C@@H]1O[C@H](CO)[C@H](O)[C@H](O)[C@H]1O[C@@H]1O[C@@H](C)[C@@H](O)[C@@H](O)[C@@H]1O. The minimum absolute atomic E-state index is 0.931. The summed E-state index contributed by atoms with van der Waals surface area (Å²) in [6, 6.07) is -4.01. The number of carbonyl (C=O) groups is 2. The Balaban J connectivity index is 1.06. The van der Waals surface area contributed by atoms with Crippen molar-refractivity contribution in [3.05, 3.63) is 0 Å². The molecular weight excluding hydrogens is 1410 g/mol. The van der Waals surface area contributed by atoms with Crippen molar-refractivity contribution in [3.8, 4) is 0 Å². The largest absolute Gasteiger partial charge is 0.394 e. The molecule has 0 aromatic carbocycles. The van der Waals surface area contributed by atoms with Crippen LogP contribution in [0.15, 0.2) is 0 Å². The zero-order chi connectivity index (χ0) is 75.8. The van der Waals surface area contributed by atoms with Crippen molar-refractivity contribution in [2.45, 2.75) is 311 Å². The molecule has 45 heteroatoms. The Hall–Kier alpha value is -2.70. The molecule has 0 bridgehead atoms. The molecule has 598 valence electrons. The highest BCUT2D eigenvalue weighted by molar-refractivity contribution is 5.73. The number of nitrogens with one attached hydrogen (secondary N) is 2. The quantitative estimate of drug-likeness (QED) is 0.0427. The van der Waals surface area contributed by atoms with Gasteiger partial charge in [-0.15, -0.1) is 0 Å². The van der Waals surface area contributed by atoms with Crippen LogP contribution < -0.4 is 10.6 Å². The van der Waals surface area contributed by atoms with Gasteiger partial charge in [0.25, 0.3) is 0 Å². The number of rotatable bonds is 24. The summed E-state index contributed by atoms with van der Waals surface area (Å²) in [7, 11) is 0. The zero-order valence-electron chi connectivity index (χ0n) is 55.7. The number of hydrogen-bond donors (Lipinski definition) is 26. The molecule has 0 radical (unpaired) electrons. The van der Waals surface area contributed by atoms with E-state index in [-0.39, 0.29) is 0 Å². The molecule has 103 heavy (non-hydrogen) atoms. The van der Waals surface area contributed by atoms with Crippen LogP contribution in [0.4, 0.5) is 0 Å². The summed E-state index contributed by atoms with van der Waals surface area (Å²) < 4.78 is 102. The lowest BCUT2D eigenvalue weighted by Gasteiger charge is -2.53. The Bertz CT molecular complexity index is 2660. The number of ether oxygens (including phenoxy) is 17. The summed E-state index contributed by atoms with van der Waals surface area (Å²) in [5.74, 6) is -1.97. The summed E-state index contributed by atoms with van der Waals surface area (Å²) in [6.45, 7) is -1.10. The van der Waals surface area contributed by atoms with Gasteiger partial charge in [-0.05, 0) is 20.8 Å². The molecule has 1 unspecified atom stereocenters. The first-order valence-corrected chi connectivity index (χ1v) is 33.2. The van der Waals surface area contributed by atoms with E-state index in [1.54, 1.807) is 0 Å². The molecule has 0 spiro atoms. The molecule has 9 aliphatic rings. The van der Waals surface area contributed by atoms with Gasteiger partial charge in [-0.1, -0.05) is 0 Å². The predicted octanol–water partition coefficient (Wildman–Crippen LogP) is -17.3. The smallest absolute Gasteiger partial charge is 0.217 e. The monoisotopic (exact) mass is 1510 g/mol. The molecule has 45 nitrogen and oxygen atoms in total. The number of aliphatic hydroxyl groups is 24. The van der Waals surface area contributed by atoms with Gasteiger partial charge in [0.05, 0.1) is 58.0 Å². The van der Waals surface area contributed by atoms with E-state index in [4.69, 9.17) is 80.5 Å². The summed E-state index contributed by atoms with van der Waals surface area (Å²) in [5.41, 5.74) is 0. The second kappa shape index (κ2) is 36.0. The van der Waals surface area contributed by atoms with Gasteiger partial charge in [0.1, 0.15) is 201 Å². The summed E-state index contributed by atoms with van der Waals surface area (Å²) in [4.78, 5) is 26.9. The third-order valence-corrected chi connectivity index (χ3v) is 19.5. The van der Waals surface area contributed by atoms with E-state index >= 15 is 0 Å². The van der Waals surface area contributed by atoms with Crippen LogP contribution in [0.1, 0.15) is 34.6 Å². The lowest BCUT2D eigenvalue weighted by atomic mass is 9.93. The lowest BCUT2D eigenvalue weighted by molar-refractivity contribution is -0.403. The maximum Gasteiger partial charge on any atom is 0.217 e. The first-order chi connectivity index (χ1) is 48.6. The fourth-order valence-electron chi connectivity index (χ4n) is 13.6. The van der Waals surface area contributed by atoms with Crippen molar-refractivity contribution in [1.29, 1.82) is 0 Å². The predicted molar refractivity (Wildman–Crippen MR) is 316 cm³/mol. The van der Waals surface area contributed by atoms with Crippen LogP contribution in [0, 0.1) is 0 Å². The number of hydrogen-bond acceptors (Lipinski definition) is 43. The first kappa shape index (κ1) is 84.3. The fourth-order valence-corrected chi connectivity index (χ4v) is 13.6. The van der Waals surface area contributed by atoms with E-state index in [9.17, 15) is 132 Å². The maximum atomic E-state index is 13.6. The van der Waals surface area contributed by atoms with Gasteiger partial charge in [0, 0.05) is 13.8 Å². The van der Waals surface area contributed by atoms with E-state index < -0.39 is 328 Å². The lowest BCUT2D eigenvalue weighted by Crippen LogP contribution is -2.72. The second-order valence-electron chi connectivity index (χ2n) is 26.6. The molecule has 0 aromatic rings. The highest BCUT2D eigenvalue weighted by Crippen LogP contribution is 2.41. The van der Waals surface area contributed by atoms with Crippen LogP contribution in [0.2, 0.25) is 0 Å². The normalized spacial score (nSPS) is 52.3. The van der Waals surface area contributed by atoms with Crippen LogP contribution in [0.5, 0.6) is 0 Å². The minimum Gasteiger partial charge on any atom is -0.394 e. The Labute approximate surface area is 584 Å². The molecule has 9 rings (SSSR count). The first-order valence-electron chi connectivity index (χ1n) is 33.2. The van der Waals surface area contributed by atoms with Gasteiger partial charge in [-0.2, -0.15) is 0 Å². The standard InChI is InChI=1S/C58H98N2O43/c1-12-25(69)30(74)37(81)53(87-12)98-45-22(11-66)94-52(24(60-16(5)68)47(45)101-58-49(33(77)28(72)17(6-61)92-58)103-55-39(83)32(76)27(71)14(3)89-55)102-48-29(73)18(7-62)91-57(41(48)85)99-44-21(10-65)93-51(23(59-15(4)67)46(44)100-54-38(82)31(75)26(70)13(2)88-54)96-43-20(9-64)95-56(40(84)35(43)79)97-42-19(8-63)90-50(86)36(80)34(42)78/h12-14,17-58,61-66,69-86H,6-11H2,1-5H3,(H,59,67)(H,60,68)/t12-,13-,14-,17+,18+,19+,20+,21+,22+,23+,24+,25+,26+,27+,28-,29-,30+,31+,32+,33-,34+,35+,36+,37-,38-,39-,40+,41+,42+,43-,44+,45+,46+,47+,48-,49+,50?,51-,52-,53-,54-,55-,56-,57-,58-/m0/s1. The summed E-state index contributed by atoms with van der Waals surface area (Å²) in [6.07, 6.45) is -85.9. The van der Waals surface area contributed by atoms with Crippen molar-refractivity contribution in [3.63, 3.8) is 0 Å². The molecule has 2 amide bonds. The highest BCUT2D eigenvalue weighted by atomic mass is 16.8. The summed E-state index contributed by atoms with van der Waals surface area (Å²) in [5, 5.41) is 269. The van der Waals surface area contributed by atoms with Crippen molar-refractivity contribution < 1.29 is 213 Å². The third-order valence-electron chi connectivity index (χ3n) is 19.5. The van der Waals surface area contributed by atoms with Gasteiger partial charge < -0.3 is 214 Å². The van der Waals surface area contributed by atoms with Crippen LogP contribution >= 0.6 is 0 Å². The molecule has 9 heterocycles. The average Bonchev–Trinajstić information content (AvgIpc) is 0.767. The average molecular weight is 1510 g/mol. The molecule has 0 aromatic heterocycles. The maximum absolute atomic E-state index is 13.6. The van der Waals surface area contributed by atoms with Crippen LogP contribution in [0.25, 0.3) is 0 Å². The number of amides is 2. The van der Waals surface area contributed by atoms with Gasteiger partial charge in [0.15, 0.2) is 56.6 Å². The van der Waals surface area contributed by atoms with Crippen LogP contribution in [0.3, 0.4) is 0 Å². The van der Waals surface area contributed by atoms with Gasteiger partial charge in [-0.3, -0.25) is 9.59 Å². The van der Waals surface area contributed by atoms with E-state index in [1.807, 2.05) is 0 Å². The van der Waals surface area contributed by atoms with Crippen molar-refractivity contribution >= 4 is 11.8 Å². The van der Waals surface area contributed by atoms with Gasteiger partial charge >= 0.3 is 0 Å². The molecular formula is C58H98N2O43. The highest BCUT2D eigenvalue weighted by Gasteiger charge is 2.62. The Morgan fingerprint density at radius 2 is 0.524 bits per heavy atom. The Kier molecular flexibility index (Phi) is 29.5. The number of carbonyl (C=O) groups excluding carboxylic acids is 2. The molecule has 9 saturated heterocycles. The fraction of sp³-hybridized carbons (Fsp3) is 0.966. The van der Waals surface area contributed by atoms with Gasteiger partial charge in [-0.25, -0.2) is 0 Å². The molecule has 0 saturated carbocycles. The van der Waals surface area contributed by atoms with Crippen LogP contribution in [-0.2, 0) is 90.1 Å². The van der Waals surface area contributed by atoms with Gasteiger partial charge in [0.2, 0.25) is 11.8 Å². The molecule has 45 atom stereocenters. The van der Waals surface area contributed by atoms with Crippen molar-refractivity contribution in [1.82, 2.24) is 10.6 Å².